The summed E-state index contributed by atoms with van der Waals surface area (Å²) < 4.78 is 0. The number of nitrogens with zero attached hydrogens (tertiary/aromatic N) is 4. The molecule has 222 valence electrons. The molecule has 0 fully saturated rings. The average molecular weight is 595 g/mol. The molecule has 0 saturated heterocycles. The van der Waals surface area contributed by atoms with E-state index in [1.165, 1.54) is 5.56 Å². The molecule has 6 aromatic carbocycles. The van der Waals surface area contributed by atoms with Crippen molar-refractivity contribution in [2.75, 3.05) is 14.7 Å². The van der Waals surface area contributed by atoms with E-state index in [2.05, 4.69) is 191 Å². The van der Waals surface area contributed by atoms with Gasteiger partial charge in [0.05, 0.1) is 17.1 Å². The molecular weight excluding hydrogens is 560 g/mol. The van der Waals surface area contributed by atoms with E-state index in [4.69, 9.17) is 4.98 Å². The van der Waals surface area contributed by atoms with Crippen molar-refractivity contribution in [3.05, 3.63) is 194 Å². The molecule has 46 heavy (non-hydrogen) atoms. The molecule has 0 aliphatic heterocycles. The topological polar surface area (TPSA) is 22.6 Å². The van der Waals surface area contributed by atoms with Gasteiger partial charge < -0.3 is 9.80 Å². The molecule has 7 rings (SSSR count). The largest absolute Gasteiger partial charge is 0.310 e. The second-order valence-electron chi connectivity index (χ2n) is 11.1. The summed E-state index contributed by atoms with van der Waals surface area (Å²) in [5.41, 5.74) is 9.55. The zero-order valence-corrected chi connectivity index (χ0v) is 25.7. The number of rotatable bonds is 9. The number of anilines is 9. The molecule has 0 spiro atoms. The Morgan fingerprint density at radius 2 is 0.717 bits per heavy atom. The summed E-state index contributed by atoms with van der Waals surface area (Å²) in [6, 6.07) is 63.6. The van der Waals surface area contributed by atoms with Crippen molar-refractivity contribution in [2.24, 2.45) is 0 Å². The second kappa shape index (κ2) is 13.2. The standard InChI is InChI=1S/C42H34N4/c1-33-17-16-26-38(29-33)46(42-27-14-15-28-43-42)41-31-39(44(34-18-6-2-7-19-34)35-20-8-3-9-21-35)30-40(32-41)45(36-22-10-4-11-23-36)37-24-12-5-13-25-37/h2-32H,1H3. The highest BCUT2D eigenvalue weighted by Crippen LogP contribution is 2.45. The van der Waals surface area contributed by atoms with Crippen LogP contribution >= 0.6 is 0 Å². The van der Waals surface area contributed by atoms with E-state index in [0.717, 1.165) is 51.3 Å². The first-order valence-electron chi connectivity index (χ1n) is 15.5. The first-order valence-corrected chi connectivity index (χ1v) is 15.5. The molecular formula is C42H34N4. The van der Waals surface area contributed by atoms with Gasteiger partial charge in [-0.05, 0) is 103 Å². The molecule has 0 aliphatic carbocycles. The third-order valence-corrected chi connectivity index (χ3v) is 7.86. The van der Waals surface area contributed by atoms with E-state index in [9.17, 15) is 0 Å². The van der Waals surface area contributed by atoms with Crippen LogP contribution in [0.2, 0.25) is 0 Å². The predicted octanol–water partition coefficient (Wildman–Crippen LogP) is 11.8. The lowest BCUT2D eigenvalue weighted by Crippen LogP contribution is -2.16. The van der Waals surface area contributed by atoms with E-state index in [-0.39, 0.29) is 0 Å². The fraction of sp³-hybridized carbons (Fsp3) is 0.0238. The zero-order chi connectivity index (χ0) is 31.1. The number of benzene rings is 6. The van der Waals surface area contributed by atoms with Gasteiger partial charge in [-0.1, -0.05) is 91.0 Å². The maximum absolute atomic E-state index is 4.84. The normalized spacial score (nSPS) is 10.7. The maximum atomic E-state index is 4.84. The number of pyridine rings is 1. The van der Waals surface area contributed by atoms with Crippen molar-refractivity contribution in [1.82, 2.24) is 4.98 Å². The van der Waals surface area contributed by atoms with Crippen LogP contribution in [0.1, 0.15) is 5.56 Å². The molecule has 0 atom stereocenters. The highest BCUT2D eigenvalue weighted by Gasteiger charge is 2.22. The monoisotopic (exact) mass is 594 g/mol. The number of para-hydroxylation sites is 4. The van der Waals surface area contributed by atoms with Crippen molar-refractivity contribution < 1.29 is 0 Å². The van der Waals surface area contributed by atoms with Crippen LogP contribution in [-0.2, 0) is 0 Å². The van der Waals surface area contributed by atoms with Gasteiger partial charge in [-0.25, -0.2) is 4.98 Å². The molecule has 0 amide bonds. The second-order valence-corrected chi connectivity index (χ2v) is 11.1. The zero-order valence-electron chi connectivity index (χ0n) is 25.7. The summed E-state index contributed by atoms with van der Waals surface area (Å²) in [6.45, 7) is 2.13. The lowest BCUT2D eigenvalue weighted by Gasteiger charge is -2.32. The first kappa shape index (κ1) is 28.6. The number of aryl methyl sites for hydroxylation is 1. The molecule has 7 aromatic rings. The third kappa shape index (κ3) is 6.10. The molecule has 1 aromatic heterocycles. The average Bonchev–Trinajstić information content (AvgIpc) is 3.11. The quantitative estimate of drug-likeness (QED) is 0.166. The highest BCUT2D eigenvalue weighted by atomic mass is 15.2. The molecule has 4 heteroatoms. The summed E-state index contributed by atoms with van der Waals surface area (Å²) in [7, 11) is 0. The summed E-state index contributed by atoms with van der Waals surface area (Å²) in [4.78, 5) is 11.7. The molecule has 0 N–H and O–H groups in total. The van der Waals surface area contributed by atoms with Crippen LogP contribution in [0.3, 0.4) is 0 Å². The van der Waals surface area contributed by atoms with Gasteiger partial charge in [-0.15, -0.1) is 0 Å². The van der Waals surface area contributed by atoms with Gasteiger partial charge >= 0.3 is 0 Å². The lowest BCUT2D eigenvalue weighted by molar-refractivity contribution is 1.16. The van der Waals surface area contributed by atoms with Crippen LogP contribution in [0.5, 0.6) is 0 Å². The van der Waals surface area contributed by atoms with Gasteiger partial charge in [-0.2, -0.15) is 0 Å². The Labute approximate surface area is 271 Å². The minimum atomic E-state index is 0.841. The summed E-state index contributed by atoms with van der Waals surface area (Å²) in [5.74, 6) is 0.841. The van der Waals surface area contributed by atoms with E-state index >= 15 is 0 Å². The minimum Gasteiger partial charge on any atom is -0.310 e. The molecule has 0 radical (unpaired) electrons. The van der Waals surface area contributed by atoms with Crippen LogP contribution in [0.25, 0.3) is 0 Å². The molecule has 1 heterocycles. The molecule has 0 saturated carbocycles. The maximum Gasteiger partial charge on any atom is 0.137 e. The fourth-order valence-electron chi connectivity index (χ4n) is 5.84. The Balaban J connectivity index is 1.53. The number of aromatic nitrogens is 1. The van der Waals surface area contributed by atoms with E-state index in [1.54, 1.807) is 0 Å². The predicted molar refractivity (Wildman–Crippen MR) is 193 cm³/mol. The lowest BCUT2D eigenvalue weighted by atomic mass is 10.1. The van der Waals surface area contributed by atoms with Crippen LogP contribution < -0.4 is 14.7 Å². The Kier molecular flexibility index (Phi) is 8.24. The number of hydrogen-bond acceptors (Lipinski definition) is 4. The van der Waals surface area contributed by atoms with Crippen molar-refractivity contribution in [2.45, 2.75) is 6.92 Å². The van der Waals surface area contributed by atoms with Gasteiger partial charge in [-0.3, -0.25) is 4.90 Å². The van der Waals surface area contributed by atoms with E-state index in [1.807, 2.05) is 18.3 Å². The smallest absolute Gasteiger partial charge is 0.137 e. The SMILES string of the molecule is Cc1cccc(N(c2cc(N(c3ccccc3)c3ccccc3)cc(N(c3ccccc3)c3ccccc3)c2)c2ccccn2)c1. The molecule has 0 bridgehead atoms. The van der Waals surface area contributed by atoms with Gasteiger partial charge in [0.1, 0.15) is 5.82 Å². The minimum absolute atomic E-state index is 0.841. The van der Waals surface area contributed by atoms with E-state index < -0.39 is 0 Å². The van der Waals surface area contributed by atoms with Crippen molar-refractivity contribution in [3.63, 3.8) is 0 Å². The van der Waals surface area contributed by atoms with Gasteiger partial charge in [0.15, 0.2) is 0 Å². The van der Waals surface area contributed by atoms with Gasteiger partial charge in [0.25, 0.3) is 0 Å². The molecule has 0 unspecified atom stereocenters. The first-order chi connectivity index (χ1) is 22.7. The fourth-order valence-corrected chi connectivity index (χ4v) is 5.84. The van der Waals surface area contributed by atoms with Crippen LogP contribution in [0.15, 0.2) is 188 Å². The van der Waals surface area contributed by atoms with Crippen molar-refractivity contribution in [3.8, 4) is 0 Å². The third-order valence-electron chi connectivity index (χ3n) is 7.86. The van der Waals surface area contributed by atoms with Crippen LogP contribution in [0.4, 0.5) is 51.3 Å². The molecule has 0 aliphatic rings. The Bertz CT molecular complexity index is 1820. The Morgan fingerprint density at radius 3 is 1.11 bits per heavy atom. The Morgan fingerprint density at radius 1 is 0.326 bits per heavy atom. The van der Waals surface area contributed by atoms with E-state index in [0.29, 0.717) is 0 Å². The Hall–Kier alpha value is -6.13. The van der Waals surface area contributed by atoms with Crippen LogP contribution in [-0.4, -0.2) is 4.98 Å². The van der Waals surface area contributed by atoms with Gasteiger partial charge in [0, 0.05) is 34.6 Å². The summed E-state index contributed by atoms with van der Waals surface area (Å²) in [5, 5.41) is 0. The number of hydrogen-bond donors (Lipinski definition) is 0. The summed E-state index contributed by atoms with van der Waals surface area (Å²) in [6.07, 6.45) is 1.85. The van der Waals surface area contributed by atoms with Crippen molar-refractivity contribution >= 4 is 51.3 Å². The van der Waals surface area contributed by atoms with Gasteiger partial charge in [0.2, 0.25) is 0 Å². The highest BCUT2D eigenvalue weighted by molar-refractivity contribution is 5.88. The van der Waals surface area contributed by atoms with Crippen LogP contribution in [0, 0.1) is 6.92 Å². The molecule has 4 nitrogen and oxygen atoms in total. The summed E-state index contributed by atoms with van der Waals surface area (Å²) >= 11 is 0. The van der Waals surface area contributed by atoms with Crippen molar-refractivity contribution in [1.29, 1.82) is 0 Å².